The number of nitrogens with one attached hydrogen (secondary N) is 1. The molecule has 1 atom stereocenters. The van der Waals surface area contributed by atoms with Gasteiger partial charge in [0.1, 0.15) is 11.9 Å². The Balaban J connectivity index is 2.10. The Morgan fingerprint density at radius 1 is 1.30 bits per heavy atom. The van der Waals surface area contributed by atoms with E-state index in [1.54, 1.807) is 6.07 Å². The number of likely N-dealkylation sites (tertiary alicyclic amines) is 1. The van der Waals surface area contributed by atoms with E-state index in [1.165, 1.54) is 23.1 Å². The van der Waals surface area contributed by atoms with Gasteiger partial charge in [0.2, 0.25) is 0 Å². The molecule has 1 saturated heterocycles. The molecule has 1 heterocycles. The van der Waals surface area contributed by atoms with Crippen molar-refractivity contribution in [2.24, 2.45) is 0 Å². The minimum absolute atomic E-state index is 0.323. The minimum atomic E-state index is -0.999. The molecule has 0 bridgehead atoms. The normalized spacial score (nSPS) is 19.2. The second kappa shape index (κ2) is 6.36. The zero-order valence-corrected chi connectivity index (χ0v) is 11.0. The number of rotatable bonds is 2. The molecule has 1 aromatic carbocycles. The molecule has 2 rings (SSSR count). The summed E-state index contributed by atoms with van der Waals surface area (Å²) in [5, 5.41) is 11.8. The molecule has 1 unspecified atom stereocenters. The summed E-state index contributed by atoms with van der Waals surface area (Å²) in [5.41, 5.74) is 0.323. The van der Waals surface area contributed by atoms with E-state index in [-0.39, 0.29) is 0 Å². The van der Waals surface area contributed by atoms with Crippen LogP contribution in [0.1, 0.15) is 25.7 Å². The van der Waals surface area contributed by atoms with Crippen LogP contribution in [0.4, 0.5) is 14.9 Å². The zero-order valence-electron chi connectivity index (χ0n) is 11.0. The van der Waals surface area contributed by atoms with Crippen LogP contribution < -0.4 is 5.32 Å². The van der Waals surface area contributed by atoms with E-state index >= 15 is 0 Å². The first-order chi connectivity index (χ1) is 9.58. The molecule has 0 aromatic heterocycles. The maximum atomic E-state index is 13.1. The van der Waals surface area contributed by atoms with E-state index in [1.807, 2.05) is 0 Å². The number of amides is 2. The lowest BCUT2D eigenvalue weighted by atomic mass is 10.1. The summed E-state index contributed by atoms with van der Waals surface area (Å²) >= 11 is 0. The van der Waals surface area contributed by atoms with Gasteiger partial charge in [0, 0.05) is 12.2 Å². The second-order valence-corrected chi connectivity index (χ2v) is 4.84. The first-order valence-electron chi connectivity index (χ1n) is 6.64. The van der Waals surface area contributed by atoms with Crippen molar-refractivity contribution in [1.29, 1.82) is 0 Å². The molecule has 1 fully saturated rings. The number of nitrogens with zero attached hydrogens (tertiary/aromatic N) is 1. The van der Waals surface area contributed by atoms with Crippen LogP contribution in [0.5, 0.6) is 0 Å². The van der Waals surface area contributed by atoms with Crippen molar-refractivity contribution in [1.82, 2.24) is 4.90 Å². The number of carboxylic acids is 1. The number of carbonyl (C=O) groups excluding carboxylic acids is 1. The van der Waals surface area contributed by atoms with Gasteiger partial charge in [-0.1, -0.05) is 18.9 Å². The minimum Gasteiger partial charge on any atom is -0.480 e. The van der Waals surface area contributed by atoms with Gasteiger partial charge in [-0.25, -0.2) is 14.0 Å². The summed E-state index contributed by atoms with van der Waals surface area (Å²) in [7, 11) is 0. The molecule has 5 nitrogen and oxygen atoms in total. The van der Waals surface area contributed by atoms with E-state index in [2.05, 4.69) is 5.32 Å². The van der Waals surface area contributed by atoms with Crippen molar-refractivity contribution < 1.29 is 19.1 Å². The number of aliphatic carboxylic acids is 1. The molecule has 0 radical (unpaired) electrons. The van der Waals surface area contributed by atoms with E-state index in [9.17, 15) is 19.1 Å². The standard InChI is InChI=1S/C14H17FN2O3/c15-10-5-4-6-11(9-10)16-14(20)17-8-3-1-2-7-12(17)13(18)19/h4-6,9,12H,1-3,7-8H2,(H,16,20)(H,18,19). The largest absolute Gasteiger partial charge is 0.480 e. The van der Waals surface area contributed by atoms with Crippen LogP contribution in [0.3, 0.4) is 0 Å². The van der Waals surface area contributed by atoms with E-state index in [4.69, 9.17) is 0 Å². The summed E-state index contributed by atoms with van der Waals surface area (Å²) in [6.45, 7) is 0.401. The Bertz CT molecular complexity index is 507. The van der Waals surface area contributed by atoms with Crippen LogP contribution in [-0.2, 0) is 4.79 Å². The molecular weight excluding hydrogens is 263 g/mol. The predicted molar refractivity (Wildman–Crippen MR) is 72.0 cm³/mol. The van der Waals surface area contributed by atoms with Gasteiger partial charge < -0.3 is 15.3 Å². The molecule has 20 heavy (non-hydrogen) atoms. The smallest absolute Gasteiger partial charge is 0.326 e. The van der Waals surface area contributed by atoms with Crippen LogP contribution in [0.2, 0.25) is 0 Å². The quantitative estimate of drug-likeness (QED) is 0.875. The highest BCUT2D eigenvalue weighted by Gasteiger charge is 2.30. The number of urea groups is 1. The number of benzene rings is 1. The van der Waals surface area contributed by atoms with Gasteiger partial charge in [0.05, 0.1) is 0 Å². The zero-order chi connectivity index (χ0) is 14.5. The molecule has 2 amide bonds. The van der Waals surface area contributed by atoms with Gasteiger partial charge in [-0.2, -0.15) is 0 Å². The first-order valence-corrected chi connectivity index (χ1v) is 6.64. The third-order valence-corrected chi connectivity index (χ3v) is 3.37. The van der Waals surface area contributed by atoms with Crippen molar-refractivity contribution in [2.45, 2.75) is 31.7 Å². The fourth-order valence-corrected chi connectivity index (χ4v) is 2.37. The topological polar surface area (TPSA) is 69.6 Å². The Hall–Kier alpha value is -2.11. The molecule has 0 spiro atoms. The van der Waals surface area contributed by atoms with Gasteiger partial charge in [0.15, 0.2) is 0 Å². The van der Waals surface area contributed by atoms with Crippen LogP contribution in [0, 0.1) is 5.82 Å². The number of halogens is 1. The van der Waals surface area contributed by atoms with Crippen molar-refractivity contribution in [3.05, 3.63) is 30.1 Å². The molecule has 1 aliphatic heterocycles. The Morgan fingerprint density at radius 3 is 2.80 bits per heavy atom. The fourth-order valence-electron chi connectivity index (χ4n) is 2.37. The fraction of sp³-hybridized carbons (Fsp3) is 0.429. The lowest BCUT2D eigenvalue weighted by Gasteiger charge is -2.27. The maximum Gasteiger partial charge on any atom is 0.326 e. The van der Waals surface area contributed by atoms with Gasteiger partial charge in [-0.05, 0) is 31.0 Å². The maximum absolute atomic E-state index is 13.1. The number of carbonyl (C=O) groups is 2. The van der Waals surface area contributed by atoms with Gasteiger partial charge in [-0.3, -0.25) is 0 Å². The monoisotopic (exact) mass is 280 g/mol. The molecule has 1 aromatic rings. The first kappa shape index (κ1) is 14.3. The molecule has 1 aliphatic rings. The number of anilines is 1. The summed E-state index contributed by atoms with van der Waals surface area (Å²) in [4.78, 5) is 24.7. The van der Waals surface area contributed by atoms with E-state index in [0.717, 1.165) is 19.3 Å². The Kier molecular flexibility index (Phi) is 4.55. The Labute approximate surface area is 116 Å². The average Bonchev–Trinajstić information content (AvgIpc) is 2.64. The van der Waals surface area contributed by atoms with Crippen LogP contribution in [-0.4, -0.2) is 34.6 Å². The van der Waals surface area contributed by atoms with Crippen molar-refractivity contribution in [2.75, 3.05) is 11.9 Å². The van der Waals surface area contributed by atoms with E-state index < -0.39 is 23.9 Å². The SMILES string of the molecule is O=C(O)C1CCCCCN1C(=O)Nc1cccc(F)c1. The summed E-state index contributed by atoms with van der Waals surface area (Å²) in [6.07, 6.45) is 2.93. The molecule has 0 aliphatic carbocycles. The van der Waals surface area contributed by atoms with Crippen molar-refractivity contribution in [3.63, 3.8) is 0 Å². The molecule has 6 heteroatoms. The summed E-state index contributed by atoms with van der Waals surface area (Å²) in [5.74, 6) is -1.45. The number of hydrogen-bond donors (Lipinski definition) is 2. The van der Waals surface area contributed by atoms with Gasteiger partial charge >= 0.3 is 12.0 Å². The third kappa shape index (κ3) is 3.46. The van der Waals surface area contributed by atoms with Crippen molar-refractivity contribution in [3.8, 4) is 0 Å². The summed E-state index contributed by atoms with van der Waals surface area (Å²) < 4.78 is 13.1. The second-order valence-electron chi connectivity index (χ2n) is 4.84. The molecule has 0 saturated carbocycles. The average molecular weight is 280 g/mol. The van der Waals surface area contributed by atoms with Crippen LogP contribution in [0.25, 0.3) is 0 Å². The molecular formula is C14H17FN2O3. The summed E-state index contributed by atoms with van der Waals surface area (Å²) in [6, 6.07) is 4.22. The number of hydrogen-bond acceptors (Lipinski definition) is 2. The van der Waals surface area contributed by atoms with Crippen molar-refractivity contribution >= 4 is 17.7 Å². The highest BCUT2D eigenvalue weighted by molar-refractivity contribution is 5.92. The highest BCUT2D eigenvalue weighted by Crippen LogP contribution is 2.19. The molecule has 108 valence electrons. The third-order valence-electron chi connectivity index (χ3n) is 3.37. The Morgan fingerprint density at radius 2 is 2.10 bits per heavy atom. The van der Waals surface area contributed by atoms with Crippen LogP contribution >= 0.6 is 0 Å². The lowest BCUT2D eigenvalue weighted by molar-refractivity contribution is -0.142. The molecule has 2 N–H and O–H groups in total. The van der Waals surface area contributed by atoms with Gasteiger partial charge in [-0.15, -0.1) is 0 Å². The predicted octanol–water partition coefficient (Wildman–Crippen LogP) is 2.69. The van der Waals surface area contributed by atoms with E-state index in [0.29, 0.717) is 18.7 Å². The number of carboxylic acid groups (broad SMARTS) is 1. The van der Waals surface area contributed by atoms with Gasteiger partial charge in [0.25, 0.3) is 0 Å². The lowest BCUT2D eigenvalue weighted by Crippen LogP contribution is -2.46. The highest BCUT2D eigenvalue weighted by atomic mass is 19.1. The van der Waals surface area contributed by atoms with Crippen LogP contribution in [0.15, 0.2) is 24.3 Å².